The van der Waals surface area contributed by atoms with Crippen LogP contribution in [0.2, 0.25) is 5.02 Å². The van der Waals surface area contributed by atoms with Crippen LogP contribution in [0.1, 0.15) is 50.6 Å². The number of nitrogens with one attached hydrogen (secondary N) is 1. The zero-order chi connectivity index (χ0) is 13.0. The maximum Gasteiger partial charge on any atom is 0.129 e. The molecule has 0 aromatic heterocycles. The Bertz CT molecular complexity index is 388. The molecule has 18 heavy (non-hydrogen) atoms. The Balaban J connectivity index is 2.22. The van der Waals surface area contributed by atoms with Gasteiger partial charge in [-0.25, -0.2) is 4.39 Å². The second-order valence-electron chi connectivity index (χ2n) is 5.10. The van der Waals surface area contributed by atoms with Gasteiger partial charge in [-0.1, -0.05) is 43.9 Å². The summed E-state index contributed by atoms with van der Waals surface area (Å²) in [5.41, 5.74) is 0.771. The number of halogens is 2. The van der Waals surface area contributed by atoms with Gasteiger partial charge in [-0.05, 0) is 37.4 Å². The first-order valence-corrected chi connectivity index (χ1v) is 7.28. The molecule has 0 radical (unpaired) electrons. The van der Waals surface area contributed by atoms with Gasteiger partial charge in [-0.2, -0.15) is 0 Å². The maximum atomic E-state index is 14.1. The van der Waals surface area contributed by atoms with Crippen LogP contribution in [0.5, 0.6) is 0 Å². The van der Waals surface area contributed by atoms with Crippen LogP contribution in [0.4, 0.5) is 4.39 Å². The topological polar surface area (TPSA) is 12.0 Å². The molecule has 0 amide bonds. The fourth-order valence-electron chi connectivity index (χ4n) is 2.97. The fourth-order valence-corrected chi connectivity index (χ4v) is 3.13. The third kappa shape index (κ3) is 3.24. The van der Waals surface area contributed by atoms with Crippen LogP contribution in [0.15, 0.2) is 18.2 Å². The van der Waals surface area contributed by atoms with Gasteiger partial charge in [0.05, 0.1) is 0 Å². The second-order valence-corrected chi connectivity index (χ2v) is 5.54. The number of rotatable bonds is 4. The van der Waals surface area contributed by atoms with E-state index in [9.17, 15) is 4.39 Å². The Morgan fingerprint density at radius 3 is 2.67 bits per heavy atom. The van der Waals surface area contributed by atoms with E-state index in [1.54, 1.807) is 6.07 Å². The van der Waals surface area contributed by atoms with Crippen LogP contribution in [-0.2, 0) is 0 Å². The highest BCUT2D eigenvalue weighted by Crippen LogP contribution is 2.35. The smallest absolute Gasteiger partial charge is 0.129 e. The molecule has 0 heterocycles. The molecule has 3 heteroatoms. The summed E-state index contributed by atoms with van der Waals surface area (Å²) in [7, 11) is 0. The first kappa shape index (κ1) is 13.8. The van der Waals surface area contributed by atoms with Crippen molar-refractivity contribution in [1.82, 2.24) is 5.32 Å². The number of hydrogen-bond acceptors (Lipinski definition) is 1. The van der Waals surface area contributed by atoms with E-state index < -0.39 is 0 Å². The Kier molecular flexibility index (Phi) is 5.02. The first-order valence-electron chi connectivity index (χ1n) is 6.90. The Morgan fingerprint density at radius 2 is 2.06 bits per heavy atom. The summed E-state index contributed by atoms with van der Waals surface area (Å²) >= 11 is 5.82. The quantitative estimate of drug-likeness (QED) is 0.835. The molecule has 1 nitrogen and oxygen atoms in total. The minimum absolute atomic E-state index is 0.132. The van der Waals surface area contributed by atoms with Crippen molar-refractivity contribution in [1.29, 1.82) is 0 Å². The summed E-state index contributed by atoms with van der Waals surface area (Å²) < 4.78 is 14.1. The molecule has 1 unspecified atom stereocenters. The summed E-state index contributed by atoms with van der Waals surface area (Å²) in [6.45, 7) is 2.94. The van der Waals surface area contributed by atoms with Crippen molar-refractivity contribution >= 4 is 11.6 Å². The van der Waals surface area contributed by atoms with E-state index in [-0.39, 0.29) is 11.9 Å². The average Bonchev–Trinajstić information content (AvgIpc) is 2.38. The van der Waals surface area contributed by atoms with Gasteiger partial charge in [0.25, 0.3) is 0 Å². The summed E-state index contributed by atoms with van der Waals surface area (Å²) in [6, 6.07) is 5.17. The lowest BCUT2D eigenvalue weighted by Gasteiger charge is -2.31. The van der Waals surface area contributed by atoms with Crippen LogP contribution in [0, 0.1) is 11.7 Å². The molecule has 1 N–H and O–H groups in total. The largest absolute Gasteiger partial charge is 0.310 e. The molecule has 0 bridgehead atoms. The molecule has 1 aromatic rings. The molecule has 1 aliphatic rings. The van der Waals surface area contributed by atoms with E-state index in [2.05, 4.69) is 12.2 Å². The van der Waals surface area contributed by atoms with Crippen molar-refractivity contribution in [3.05, 3.63) is 34.6 Å². The lowest BCUT2D eigenvalue weighted by atomic mass is 9.81. The summed E-state index contributed by atoms with van der Waals surface area (Å²) in [5, 5.41) is 3.91. The van der Waals surface area contributed by atoms with E-state index in [0.717, 1.165) is 12.1 Å². The number of benzene rings is 1. The Labute approximate surface area is 114 Å². The van der Waals surface area contributed by atoms with Gasteiger partial charge in [0.15, 0.2) is 0 Å². The SMILES string of the molecule is CCNC(c1ccc(Cl)cc1F)C1CCCCC1. The highest BCUT2D eigenvalue weighted by atomic mass is 35.5. The molecule has 1 saturated carbocycles. The van der Waals surface area contributed by atoms with Gasteiger partial charge in [-0.15, -0.1) is 0 Å². The monoisotopic (exact) mass is 269 g/mol. The standard InChI is InChI=1S/C15H21ClFN/c1-2-18-15(11-6-4-3-5-7-11)13-9-8-12(16)10-14(13)17/h8-11,15,18H,2-7H2,1H3. The minimum atomic E-state index is -0.181. The molecule has 100 valence electrons. The van der Waals surface area contributed by atoms with Gasteiger partial charge < -0.3 is 5.32 Å². The summed E-state index contributed by atoms with van der Waals surface area (Å²) in [4.78, 5) is 0. The summed E-state index contributed by atoms with van der Waals surface area (Å²) in [6.07, 6.45) is 6.24. The lowest BCUT2D eigenvalue weighted by Crippen LogP contribution is -2.30. The molecule has 1 atom stereocenters. The van der Waals surface area contributed by atoms with Crippen molar-refractivity contribution in [2.45, 2.75) is 45.1 Å². The van der Waals surface area contributed by atoms with Crippen LogP contribution in [-0.4, -0.2) is 6.54 Å². The van der Waals surface area contributed by atoms with E-state index in [1.807, 2.05) is 6.07 Å². The molecule has 0 spiro atoms. The number of hydrogen-bond donors (Lipinski definition) is 1. The van der Waals surface area contributed by atoms with Gasteiger partial charge in [-0.3, -0.25) is 0 Å². The van der Waals surface area contributed by atoms with Crippen molar-refractivity contribution in [3.8, 4) is 0 Å². The predicted octanol–water partition coefficient (Wildman–Crippen LogP) is 4.71. The molecule has 1 fully saturated rings. The zero-order valence-electron chi connectivity index (χ0n) is 10.9. The molecule has 0 aliphatic heterocycles. The molecule has 1 aromatic carbocycles. The summed E-state index contributed by atoms with van der Waals surface area (Å²) in [5.74, 6) is 0.369. The maximum absolute atomic E-state index is 14.1. The van der Waals surface area contributed by atoms with Gasteiger partial charge in [0.1, 0.15) is 5.82 Å². The van der Waals surface area contributed by atoms with Gasteiger partial charge in [0, 0.05) is 16.6 Å². The van der Waals surface area contributed by atoms with Crippen molar-refractivity contribution in [2.75, 3.05) is 6.54 Å². The van der Waals surface area contributed by atoms with Gasteiger partial charge >= 0.3 is 0 Å². The van der Waals surface area contributed by atoms with E-state index >= 15 is 0 Å². The van der Waals surface area contributed by atoms with Crippen molar-refractivity contribution < 1.29 is 4.39 Å². The zero-order valence-corrected chi connectivity index (χ0v) is 11.6. The van der Waals surface area contributed by atoms with Crippen molar-refractivity contribution in [3.63, 3.8) is 0 Å². The first-order chi connectivity index (χ1) is 8.72. The van der Waals surface area contributed by atoms with Crippen LogP contribution >= 0.6 is 11.6 Å². The van der Waals surface area contributed by atoms with E-state index in [0.29, 0.717) is 10.9 Å². The van der Waals surface area contributed by atoms with Crippen LogP contribution in [0.3, 0.4) is 0 Å². The van der Waals surface area contributed by atoms with E-state index in [1.165, 1.54) is 38.2 Å². The molecule has 0 saturated heterocycles. The fraction of sp³-hybridized carbons (Fsp3) is 0.600. The Morgan fingerprint density at radius 1 is 1.33 bits per heavy atom. The lowest BCUT2D eigenvalue weighted by molar-refractivity contribution is 0.270. The molecule has 2 rings (SSSR count). The molecule has 1 aliphatic carbocycles. The predicted molar refractivity (Wildman–Crippen MR) is 74.4 cm³/mol. The highest BCUT2D eigenvalue weighted by molar-refractivity contribution is 6.30. The molecular formula is C15H21ClFN. The normalized spacial score (nSPS) is 18.8. The van der Waals surface area contributed by atoms with Gasteiger partial charge in [0.2, 0.25) is 0 Å². The third-order valence-electron chi connectivity index (χ3n) is 3.84. The molecular weight excluding hydrogens is 249 g/mol. The minimum Gasteiger partial charge on any atom is -0.310 e. The second kappa shape index (κ2) is 6.53. The van der Waals surface area contributed by atoms with Crippen LogP contribution in [0.25, 0.3) is 0 Å². The third-order valence-corrected chi connectivity index (χ3v) is 4.08. The highest BCUT2D eigenvalue weighted by Gasteiger charge is 2.26. The van der Waals surface area contributed by atoms with E-state index in [4.69, 9.17) is 11.6 Å². The van der Waals surface area contributed by atoms with Crippen molar-refractivity contribution in [2.24, 2.45) is 5.92 Å². The Hall–Kier alpha value is -0.600. The van der Waals surface area contributed by atoms with Crippen LogP contribution < -0.4 is 5.32 Å². The average molecular weight is 270 g/mol.